The van der Waals surface area contributed by atoms with Gasteiger partial charge in [-0.3, -0.25) is 0 Å². The molecule has 0 amide bonds. The van der Waals surface area contributed by atoms with Gasteiger partial charge in [0.25, 0.3) is 0 Å². The van der Waals surface area contributed by atoms with Gasteiger partial charge in [0.2, 0.25) is 0 Å². The summed E-state index contributed by atoms with van der Waals surface area (Å²) >= 11 is 1.78. The molecular weight excluding hydrogens is 663 g/mol. The lowest BCUT2D eigenvalue weighted by atomic mass is 10.00. The summed E-state index contributed by atoms with van der Waals surface area (Å²) in [4.78, 5) is 7.55. The predicted molar refractivity (Wildman–Crippen MR) is 227 cm³/mol. The van der Waals surface area contributed by atoms with Crippen LogP contribution in [0.3, 0.4) is 0 Å². The average Bonchev–Trinajstić information content (AvgIpc) is 3.81. The standard InChI is InChI=1S/C49H31N3S/c1-3-13-35(14-4-1)49-50-43-29-25-34-23-22-33-24-26-37(30-42(33)47(34)48(43)53-49)51(44-21-11-15-32-12-7-8-18-39(32)44)38-27-28-41-40-19-9-10-20-45(40)52(46(41)31-38)36-16-5-2-6-17-36/h1-31H. The Kier molecular flexibility index (Phi) is 6.73. The molecule has 0 aliphatic heterocycles. The monoisotopic (exact) mass is 693 g/mol. The molecule has 0 unspecified atom stereocenters. The minimum absolute atomic E-state index is 1.03. The first-order valence-corrected chi connectivity index (χ1v) is 18.8. The van der Waals surface area contributed by atoms with Crippen LogP contribution in [0.2, 0.25) is 0 Å². The topological polar surface area (TPSA) is 21.1 Å². The zero-order chi connectivity index (χ0) is 34.9. The van der Waals surface area contributed by atoms with E-state index in [9.17, 15) is 0 Å². The zero-order valence-electron chi connectivity index (χ0n) is 28.6. The Labute approximate surface area is 310 Å². The fourth-order valence-corrected chi connectivity index (χ4v) is 9.28. The molecule has 0 aliphatic rings. The summed E-state index contributed by atoms with van der Waals surface area (Å²) in [6.07, 6.45) is 0. The number of hydrogen-bond donors (Lipinski definition) is 0. The quantitative estimate of drug-likeness (QED) is 0.167. The number of para-hydroxylation sites is 2. The number of aromatic nitrogens is 2. The van der Waals surface area contributed by atoms with E-state index in [0.29, 0.717) is 0 Å². The average molecular weight is 694 g/mol. The predicted octanol–water partition coefficient (Wildman–Crippen LogP) is 14.0. The molecule has 0 saturated carbocycles. The molecule has 0 aliphatic carbocycles. The van der Waals surface area contributed by atoms with Crippen molar-refractivity contribution in [2.75, 3.05) is 4.90 Å². The van der Waals surface area contributed by atoms with Crippen molar-refractivity contribution in [2.45, 2.75) is 0 Å². The van der Waals surface area contributed by atoms with Crippen LogP contribution in [0.15, 0.2) is 188 Å². The van der Waals surface area contributed by atoms with E-state index >= 15 is 0 Å². The lowest BCUT2D eigenvalue weighted by Crippen LogP contribution is -2.10. The first-order valence-electron chi connectivity index (χ1n) is 18.0. The van der Waals surface area contributed by atoms with Crippen molar-refractivity contribution in [1.82, 2.24) is 9.55 Å². The number of anilines is 3. The van der Waals surface area contributed by atoms with Crippen molar-refractivity contribution < 1.29 is 0 Å². The molecule has 2 aromatic heterocycles. The molecule has 2 heterocycles. The van der Waals surface area contributed by atoms with E-state index < -0.39 is 0 Å². The summed E-state index contributed by atoms with van der Waals surface area (Å²) in [7, 11) is 0. The second kappa shape index (κ2) is 11.9. The molecule has 0 spiro atoms. The Morgan fingerprint density at radius 1 is 0.453 bits per heavy atom. The molecule has 0 radical (unpaired) electrons. The van der Waals surface area contributed by atoms with Crippen molar-refractivity contribution in [1.29, 1.82) is 0 Å². The highest BCUT2D eigenvalue weighted by molar-refractivity contribution is 7.22. The molecule has 53 heavy (non-hydrogen) atoms. The van der Waals surface area contributed by atoms with E-state index in [1.54, 1.807) is 11.3 Å². The molecule has 0 bridgehead atoms. The van der Waals surface area contributed by atoms with E-state index in [0.717, 1.165) is 38.8 Å². The van der Waals surface area contributed by atoms with Crippen molar-refractivity contribution in [3.05, 3.63) is 188 Å². The summed E-state index contributed by atoms with van der Waals surface area (Å²) in [5, 5.41) is 10.8. The molecule has 4 heteroatoms. The maximum Gasteiger partial charge on any atom is 0.124 e. The number of benzene rings is 9. The van der Waals surface area contributed by atoms with Gasteiger partial charge in [0, 0.05) is 44.2 Å². The van der Waals surface area contributed by atoms with Crippen LogP contribution in [-0.2, 0) is 0 Å². The van der Waals surface area contributed by atoms with E-state index in [2.05, 4.69) is 198 Å². The van der Waals surface area contributed by atoms with Gasteiger partial charge in [-0.25, -0.2) is 4.98 Å². The fourth-order valence-electron chi connectivity index (χ4n) is 8.14. The minimum Gasteiger partial charge on any atom is -0.310 e. The molecule has 3 nitrogen and oxygen atoms in total. The van der Waals surface area contributed by atoms with E-state index in [-0.39, 0.29) is 0 Å². The highest BCUT2D eigenvalue weighted by Crippen LogP contribution is 2.45. The third kappa shape index (κ3) is 4.77. The van der Waals surface area contributed by atoms with Gasteiger partial charge in [-0.2, -0.15) is 0 Å². The summed E-state index contributed by atoms with van der Waals surface area (Å²) in [6.45, 7) is 0. The van der Waals surface area contributed by atoms with Crippen molar-refractivity contribution in [2.24, 2.45) is 0 Å². The Balaban J connectivity index is 1.19. The zero-order valence-corrected chi connectivity index (χ0v) is 29.5. The van der Waals surface area contributed by atoms with Crippen molar-refractivity contribution >= 4 is 92.7 Å². The third-order valence-corrected chi connectivity index (χ3v) is 11.7. The molecule has 248 valence electrons. The molecule has 9 aromatic carbocycles. The number of thiazole rings is 1. The highest BCUT2D eigenvalue weighted by Gasteiger charge is 2.20. The van der Waals surface area contributed by atoms with Crippen LogP contribution in [0.5, 0.6) is 0 Å². The molecular formula is C49H31N3S. The van der Waals surface area contributed by atoms with Gasteiger partial charge in [-0.1, -0.05) is 133 Å². The Hall–Kier alpha value is -6.75. The van der Waals surface area contributed by atoms with Crippen LogP contribution in [0.25, 0.3) is 80.6 Å². The van der Waals surface area contributed by atoms with Gasteiger partial charge < -0.3 is 9.47 Å². The van der Waals surface area contributed by atoms with Crippen LogP contribution in [0.4, 0.5) is 17.1 Å². The van der Waals surface area contributed by atoms with Crippen LogP contribution in [0.1, 0.15) is 0 Å². The van der Waals surface area contributed by atoms with Gasteiger partial charge in [-0.15, -0.1) is 11.3 Å². The summed E-state index contributed by atoms with van der Waals surface area (Å²) in [5.74, 6) is 0. The molecule has 0 N–H and O–H groups in total. The largest absolute Gasteiger partial charge is 0.310 e. The van der Waals surface area contributed by atoms with Crippen LogP contribution in [-0.4, -0.2) is 9.55 Å². The second-order valence-electron chi connectivity index (χ2n) is 13.6. The van der Waals surface area contributed by atoms with Gasteiger partial charge in [-0.05, 0) is 76.1 Å². The molecule has 11 aromatic rings. The first-order chi connectivity index (χ1) is 26.3. The van der Waals surface area contributed by atoms with Gasteiger partial charge in [0.15, 0.2) is 0 Å². The molecule has 11 rings (SSSR count). The normalized spacial score (nSPS) is 11.8. The summed E-state index contributed by atoms with van der Waals surface area (Å²) in [5.41, 5.74) is 9.04. The highest BCUT2D eigenvalue weighted by atomic mass is 32.1. The Morgan fingerprint density at radius 3 is 1.98 bits per heavy atom. The van der Waals surface area contributed by atoms with Crippen LogP contribution in [0, 0.1) is 0 Å². The SMILES string of the molecule is c1ccc(-c2nc3ccc4ccc5ccc(N(c6ccc7c8ccccc8n(-c8ccccc8)c7c6)c6cccc7ccccc67)cc5c4c3s2)cc1. The summed E-state index contributed by atoms with van der Waals surface area (Å²) < 4.78 is 3.61. The number of nitrogens with zero attached hydrogens (tertiary/aromatic N) is 3. The molecule has 0 atom stereocenters. The lowest BCUT2D eigenvalue weighted by molar-refractivity contribution is 1.18. The number of fused-ring (bicyclic) bond motifs is 9. The minimum atomic E-state index is 1.03. The van der Waals surface area contributed by atoms with Gasteiger partial charge in [0.1, 0.15) is 5.01 Å². The van der Waals surface area contributed by atoms with Crippen LogP contribution < -0.4 is 4.90 Å². The van der Waals surface area contributed by atoms with Crippen LogP contribution >= 0.6 is 11.3 Å². The smallest absolute Gasteiger partial charge is 0.124 e. The van der Waals surface area contributed by atoms with Gasteiger partial charge >= 0.3 is 0 Å². The van der Waals surface area contributed by atoms with E-state index in [1.807, 2.05) is 0 Å². The van der Waals surface area contributed by atoms with Crippen molar-refractivity contribution in [3.63, 3.8) is 0 Å². The Bertz CT molecular complexity index is 3170. The second-order valence-corrected chi connectivity index (χ2v) is 14.6. The fraction of sp³-hybridized carbons (Fsp3) is 0. The number of rotatable bonds is 5. The lowest BCUT2D eigenvalue weighted by Gasteiger charge is -2.27. The van der Waals surface area contributed by atoms with Gasteiger partial charge in [0.05, 0.1) is 26.9 Å². The maximum absolute atomic E-state index is 5.11. The summed E-state index contributed by atoms with van der Waals surface area (Å²) in [6, 6.07) is 68.0. The maximum atomic E-state index is 5.11. The Morgan fingerprint density at radius 2 is 1.09 bits per heavy atom. The van der Waals surface area contributed by atoms with E-state index in [1.165, 1.54) is 58.8 Å². The van der Waals surface area contributed by atoms with Crippen molar-refractivity contribution in [3.8, 4) is 16.3 Å². The first kappa shape index (κ1) is 29.9. The number of hydrogen-bond acceptors (Lipinski definition) is 3. The molecule has 0 fully saturated rings. The third-order valence-electron chi connectivity index (χ3n) is 10.6. The van der Waals surface area contributed by atoms with E-state index in [4.69, 9.17) is 4.98 Å². The molecule has 0 saturated heterocycles.